The first-order valence-corrected chi connectivity index (χ1v) is 8.03. The Morgan fingerprint density at radius 3 is 2.58 bits per heavy atom. The molecule has 0 atom stereocenters. The molecule has 1 aliphatic heterocycles. The van der Waals surface area contributed by atoms with E-state index in [1.54, 1.807) is 21.6 Å². The van der Waals surface area contributed by atoms with Crippen LogP contribution < -0.4 is 5.32 Å². The van der Waals surface area contributed by atoms with Crippen molar-refractivity contribution in [2.45, 2.75) is 26.3 Å². The van der Waals surface area contributed by atoms with Crippen molar-refractivity contribution < 1.29 is 14.3 Å². The maximum Gasteiger partial charge on any atom is 0.288 e. The van der Waals surface area contributed by atoms with Crippen molar-refractivity contribution in [1.29, 1.82) is 0 Å². The quantitative estimate of drug-likeness (QED) is 0.901. The smallest absolute Gasteiger partial charge is 0.288 e. The lowest BCUT2D eigenvalue weighted by atomic mass is 10.1. The van der Waals surface area contributed by atoms with Gasteiger partial charge in [0.25, 0.3) is 11.8 Å². The van der Waals surface area contributed by atoms with Crippen molar-refractivity contribution in [2.75, 3.05) is 26.3 Å². The topological polar surface area (TPSA) is 75.9 Å². The van der Waals surface area contributed by atoms with Gasteiger partial charge < -0.3 is 15.0 Å². The number of nitrogens with zero attached hydrogens (tertiary/aromatic N) is 3. The van der Waals surface area contributed by atoms with Crippen LogP contribution in [0.4, 0.5) is 0 Å². The molecule has 3 rings (SSSR count). The molecular weight excluding hydrogens is 308 g/mol. The highest BCUT2D eigenvalue weighted by molar-refractivity contribution is 6.02. The predicted octanol–water partition coefficient (Wildman–Crippen LogP) is 1.33. The lowest BCUT2D eigenvalue weighted by molar-refractivity contribution is 0.0300. The maximum atomic E-state index is 12.8. The molecule has 128 valence electrons. The van der Waals surface area contributed by atoms with Crippen molar-refractivity contribution in [2.24, 2.45) is 0 Å². The van der Waals surface area contributed by atoms with Crippen LogP contribution in [0.5, 0.6) is 0 Å². The van der Waals surface area contributed by atoms with Crippen molar-refractivity contribution in [3.8, 4) is 0 Å². The van der Waals surface area contributed by atoms with Crippen molar-refractivity contribution in [1.82, 2.24) is 19.6 Å². The fourth-order valence-electron chi connectivity index (χ4n) is 2.67. The van der Waals surface area contributed by atoms with E-state index in [9.17, 15) is 9.59 Å². The van der Waals surface area contributed by atoms with Crippen LogP contribution in [-0.2, 0) is 4.74 Å². The Hall–Kier alpha value is -2.41. The van der Waals surface area contributed by atoms with Crippen LogP contribution in [0.25, 0.3) is 5.52 Å². The molecule has 1 fully saturated rings. The van der Waals surface area contributed by atoms with Crippen LogP contribution in [0.3, 0.4) is 0 Å². The molecular formula is C17H22N4O3. The predicted molar refractivity (Wildman–Crippen MR) is 89.1 cm³/mol. The van der Waals surface area contributed by atoms with Crippen LogP contribution in [-0.4, -0.2) is 57.9 Å². The standard InChI is InChI=1S/C17H22N4O3/c1-17(2,3)19-15(22)14-18-13(12-6-4-5-7-21(12)14)16(23)20-8-10-24-11-9-20/h4-7H,8-11H2,1-3H3,(H,19,22). The summed E-state index contributed by atoms with van der Waals surface area (Å²) in [7, 11) is 0. The third-order valence-corrected chi connectivity index (χ3v) is 3.74. The van der Waals surface area contributed by atoms with Crippen LogP contribution in [0, 0.1) is 0 Å². The molecule has 7 nitrogen and oxygen atoms in total. The minimum absolute atomic E-state index is 0.170. The Morgan fingerprint density at radius 2 is 1.92 bits per heavy atom. The molecule has 0 unspecified atom stereocenters. The second-order valence-corrected chi connectivity index (χ2v) is 6.85. The molecule has 0 aromatic carbocycles. The van der Waals surface area contributed by atoms with Gasteiger partial charge in [-0.25, -0.2) is 4.98 Å². The number of nitrogens with one attached hydrogen (secondary N) is 1. The van der Waals surface area contributed by atoms with Crippen molar-refractivity contribution in [3.63, 3.8) is 0 Å². The highest BCUT2D eigenvalue weighted by atomic mass is 16.5. The Labute approximate surface area is 140 Å². The number of rotatable bonds is 2. The van der Waals surface area contributed by atoms with E-state index in [0.29, 0.717) is 37.5 Å². The minimum Gasteiger partial charge on any atom is -0.378 e. The van der Waals surface area contributed by atoms with E-state index in [1.165, 1.54) is 0 Å². The number of carbonyl (C=O) groups excluding carboxylic acids is 2. The van der Waals surface area contributed by atoms with E-state index in [-0.39, 0.29) is 23.2 Å². The second-order valence-electron chi connectivity index (χ2n) is 6.85. The van der Waals surface area contributed by atoms with Crippen LogP contribution in [0.1, 0.15) is 41.9 Å². The van der Waals surface area contributed by atoms with E-state index < -0.39 is 0 Å². The number of carbonyl (C=O) groups is 2. The van der Waals surface area contributed by atoms with Gasteiger partial charge in [-0.05, 0) is 32.9 Å². The molecule has 0 bridgehead atoms. The molecule has 7 heteroatoms. The van der Waals surface area contributed by atoms with E-state index >= 15 is 0 Å². The Kier molecular flexibility index (Phi) is 4.28. The van der Waals surface area contributed by atoms with E-state index in [1.807, 2.05) is 32.9 Å². The summed E-state index contributed by atoms with van der Waals surface area (Å²) in [6.07, 6.45) is 1.75. The van der Waals surface area contributed by atoms with Crippen molar-refractivity contribution in [3.05, 3.63) is 35.9 Å². The maximum absolute atomic E-state index is 12.8. The molecule has 3 heterocycles. The number of aromatic nitrogens is 2. The monoisotopic (exact) mass is 330 g/mol. The molecule has 0 aliphatic carbocycles. The number of pyridine rings is 1. The number of amides is 2. The molecule has 2 amide bonds. The third-order valence-electron chi connectivity index (χ3n) is 3.74. The van der Waals surface area contributed by atoms with Gasteiger partial charge in [-0.15, -0.1) is 0 Å². The van der Waals surface area contributed by atoms with Gasteiger partial charge in [-0.2, -0.15) is 0 Å². The fraction of sp³-hybridized carbons (Fsp3) is 0.471. The van der Waals surface area contributed by atoms with E-state index in [4.69, 9.17) is 4.74 Å². The number of morpholine rings is 1. The van der Waals surface area contributed by atoms with Crippen LogP contribution >= 0.6 is 0 Å². The molecule has 1 saturated heterocycles. The lowest BCUT2D eigenvalue weighted by Gasteiger charge is -2.26. The summed E-state index contributed by atoms with van der Waals surface area (Å²) in [6.45, 7) is 7.83. The first-order valence-electron chi connectivity index (χ1n) is 8.03. The Balaban J connectivity index is 2.00. The molecule has 2 aromatic rings. The summed E-state index contributed by atoms with van der Waals surface area (Å²) in [5.74, 6) is -0.251. The van der Waals surface area contributed by atoms with Gasteiger partial charge in [-0.3, -0.25) is 14.0 Å². The summed E-state index contributed by atoms with van der Waals surface area (Å²) < 4.78 is 6.95. The van der Waals surface area contributed by atoms with Gasteiger partial charge >= 0.3 is 0 Å². The number of hydrogen-bond acceptors (Lipinski definition) is 4. The molecule has 24 heavy (non-hydrogen) atoms. The van der Waals surface area contributed by atoms with E-state index in [0.717, 1.165) is 0 Å². The van der Waals surface area contributed by atoms with Crippen LogP contribution in [0.15, 0.2) is 24.4 Å². The lowest BCUT2D eigenvalue weighted by Crippen LogP contribution is -2.42. The number of imidazole rings is 1. The zero-order chi connectivity index (χ0) is 17.3. The summed E-state index contributed by atoms with van der Waals surface area (Å²) in [5.41, 5.74) is 0.552. The molecule has 0 radical (unpaired) electrons. The average molecular weight is 330 g/mol. The fourth-order valence-corrected chi connectivity index (χ4v) is 2.67. The number of fused-ring (bicyclic) bond motifs is 1. The largest absolute Gasteiger partial charge is 0.378 e. The number of ether oxygens (including phenoxy) is 1. The SMILES string of the molecule is CC(C)(C)NC(=O)c1nc(C(=O)N2CCOCC2)c2ccccn12. The van der Waals surface area contributed by atoms with Crippen molar-refractivity contribution >= 4 is 17.3 Å². The normalized spacial score (nSPS) is 15.5. The minimum atomic E-state index is -0.383. The Morgan fingerprint density at radius 1 is 1.21 bits per heavy atom. The third kappa shape index (κ3) is 3.26. The first kappa shape index (κ1) is 16.4. The van der Waals surface area contributed by atoms with Gasteiger partial charge in [0.1, 0.15) is 0 Å². The average Bonchev–Trinajstić information content (AvgIpc) is 2.93. The zero-order valence-electron chi connectivity index (χ0n) is 14.2. The molecule has 0 spiro atoms. The van der Waals surface area contributed by atoms with Crippen LogP contribution in [0.2, 0.25) is 0 Å². The van der Waals surface area contributed by atoms with Gasteiger partial charge in [0, 0.05) is 24.8 Å². The summed E-state index contributed by atoms with van der Waals surface area (Å²) in [5, 5.41) is 2.89. The van der Waals surface area contributed by atoms with Gasteiger partial charge in [0.15, 0.2) is 5.69 Å². The first-order chi connectivity index (χ1) is 11.4. The highest BCUT2D eigenvalue weighted by Gasteiger charge is 2.27. The molecule has 0 saturated carbocycles. The second kappa shape index (κ2) is 6.24. The zero-order valence-corrected chi connectivity index (χ0v) is 14.2. The van der Waals surface area contributed by atoms with Gasteiger partial charge in [0.2, 0.25) is 5.82 Å². The molecule has 2 aromatic heterocycles. The summed E-state index contributed by atoms with van der Waals surface area (Å²) in [6, 6.07) is 5.44. The van der Waals surface area contributed by atoms with E-state index in [2.05, 4.69) is 10.3 Å². The van der Waals surface area contributed by atoms with Gasteiger partial charge in [-0.1, -0.05) is 6.07 Å². The summed E-state index contributed by atoms with van der Waals surface area (Å²) >= 11 is 0. The Bertz CT molecular complexity index is 770. The summed E-state index contributed by atoms with van der Waals surface area (Å²) in [4.78, 5) is 31.4. The molecule has 1 N–H and O–H groups in total. The number of hydrogen-bond donors (Lipinski definition) is 1. The highest BCUT2D eigenvalue weighted by Crippen LogP contribution is 2.17. The van der Waals surface area contributed by atoms with Gasteiger partial charge in [0.05, 0.1) is 18.7 Å². The molecule has 1 aliphatic rings.